The molecule has 0 bridgehead atoms. The lowest BCUT2D eigenvalue weighted by Crippen LogP contribution is -1.97. The van der Waals surface area contributed by atoms with Crippen molar-refractivity contribution in [3.8, 4) is 22.7 Å². The number of imidazole rings is 1. The molecule has 142 valence electrons. The minimum absolute atomic E-state index is 0.266. The zero-order chi connectivity index (χ0) is 19.3. The van der Waals surface area contributed by atoms with Crippen LogP contribution < -0.4 is 4.74 Å². The van der Waals surface area contributed by atoms with Gasteiger partial charge in [-0.3, -0.25) is 0 Å². The topological polar surface area (TPSA) is 44.9 Å². The molecule has 0 spiro atoms. The molecule has 5 nitrogen and oxygen atoms in total. The zero-order valence-electron chi connectivity index (χ0n) is 15.6. The summed E-state index contributed by atoms with van der Waals surface area (Å²) in [5.41, 5.74) is 3.73. The minimum atomic E-state index is -0.266. The largest absolute Gasteiger partial charge is 0.494 e. The molecule has 6 heteroatoms. The van der Waals surface area contributed by atoms with Gasteiger partial charge in [0.15, 0.2) is 0 Å². The summed E-state index contributed by atoms with van der Waals surface area (Å²) in [5, 5.41) is 4.77. The van der Waals surface area contributed by atoms with Gasteiger partial charge < -0.3 is 9.30 Å². The quantitative estimate of drug-likeness (QED) is 0.469. The molecule has 0 saturated heterocycles. The predicted molar refractivity (Wildman–Crippen MR) is 106 cm³/mol. The summed E-state index contributed by atoms with van der Waals surface area (Å²) in [4.78, 5) is 4.11. The number of benzene rings is 2. The highest BCUT2D eigenvalue weighted by molar-refractivity contribution is 5.64. The van der Waals surface area contributed by atoms with Crippen molar-refractivity contribution in [3.05, 3.63) is 84.8 Å². The zero-order valence-corrected chi connectivity index (χ0v) is 15.6. The van der Waals surface area contributed by atoms with Crippen LogP contribution in [-0.4, -0.2) is 25.9 Å². The van der Waals surface area contributed by atoms with Crippen molar-refractivity contribution in [1.29, 1.82) is 0 Å². The Morgan fingerprint density at radius 3 is 2.50 bits per heavy atom. The lowest BCUT2D eigenvalue weighted by molar-refractivity contribution is 0.317. The Morgan fingerprint density at radius 2 is 1.82 bits per heavy atom. The molecule has 28 heavy (non-hydrogen) atoms. The lowest BCUT2D eigenvalue weighted by Gasteiger charge is -2.06. The van der Waals surface area contributed by atoms with Crippen LogP contribution in [0.1, 0.15) is 18.9 Å². The Morgan fingerprint density at radius 1 is 1.04 bits per heavy atom. The van der Waals surface area contributed by atoms with E-state index in [1.54, 1.807) is 29.3 Å². The van der Waals surface area contributed by atoms with Gasteiger partial charge in [0.05, 0.1) is 30.9 Å². The van der Waals surface area contributed by atoms with Gasteiger partial charge in [-0.2, -0.15) is 5.10 Å². The maximum Gasteiger partial charge on any atom is 0.123 e. The van der Waals surface area contributed by atoms with Gasteiger partial charge in [0.25, 0.3) is 0 Å². The fraction of sp³-hybridized carbons (Fsp3) is 0.182. The third-order valence-corrected chi connectivity index (χ3v) is 4.39. The van der Waals surface area contributed by atoms with Crippen molar-refractivity contribution in [2.24, 2.45) is 0 Å². The summed E-state index contributed by atoms with van der Waals surface area (Å²) in [6.45, 7) is 3.42. The lowest BCUT2D eigenvalue weighted by atomic mass is 10.1. The molecule has 0 fully saturated rings. The maximum absolute atomic E-state index is 13.3. The predicted octanol–water partition coefficient (Wildman–Crippen LogP) is 4.71. The molecule has 0 atom stereocenters. The van der Waals surface area contributed by atoms with Crippen molar-refractivity contribution in [3.63, 3.8) is 0 Å². The molecule has 0 saturated carbocycles. The highest BCUT2D eigenvalue weighted by Gasteiger charge is 2.13. The molecular weight excluding hydrogens is 355 g/mol. The van der Waals surface area contributed by atoms with E-state index in [-0.39, 0.29) is 5.82 Å². The third kappa shape index (κ3) is 3.96. The van der Waals surface area contributed by atoms with Gasteiger partial charge in [0.1, 0.15) is 11.6 Å². The van der Waals surface area contributed by atoms with E-state index >= 15 is 0 Å². The molecular formula is C22H21FN4O. The number of rotatable bonds is 7. The van der Waals surface area contributed by atoms with Crippen LogP contribution in [0, 0.1) is 5.82 Å². The molecule has 0 aliphatic rings. The van der Waals surface area contributed by atoms with E-state index in [4.69, 9.17) is 9.84 Å². The van der Waals surface area contributed by atoms with Gasteiger partial charge in [-0.25, -0.2) is 14.1 Å². The summed E-state index contributed by atoms with van der Waals surface area (Å²) in [7, 11) is 0. The number of ether oxygens (including phenoxy) is 1. The molecule has 2 aromatic heterocycles. The molecule has 4 aromatic rings. The molecule has 0 amide bonds. The van der Waals surface area contributed by atoms with E-state index in [1.165, 1.54) is 12.1 Å². The van der Waals surface area contributed by atoms with Crippen molar-refractivity contribution in [1.82, 2.24) is 19.3 Å². The number of aromatic nitrogens is 4. The van der Waals surface area contributed by atoms with Crippen molar-refractivity contribution >= 4 is 0 Å². The summed E-state index contributed by atoms with van der Waals surface area (Å²) >= 11 is 0. The normalized spacial score (nSPS) is 10.9. The van der Waals surface area contributed by atoms with E-state index in [2.05, 4.69) is 11.9 Å². The molecule has 0 N–H and O–H groups in total. The van der Waals surface area contributed by atoms with Gasteiger partial charge in [0.2, 0.25) is 0 Å². The molecule has 0 unspecified atom stereocenters. The first kappa shape index (κ1) is 18.0. The number of hydrogen-bond donors (Lipinski definition) is 0. The first-order valence-electron chi connectivity index (χ1n) is 9.26. The minimum Gasteiger partial charge on any atom is -0.494 e. The Kier molecular flexibility index (Phi) is 5.19. The summed E-state index contributed by atoms with van der Waals surface area (Å²) in [6, 6.07) is 14.3. The van der Waals surface area contributed by atoms with Crippen LogP contribution in [0.3, 0.4) is 0 Å². The van der Waals surface area contributed by atoms with E-state index in [0.717, 1.165) is 34.7 Å². The van der Waals surface area contributed by atoms with E-state index in [1.807, 2.05) is 41.2 Å². The van der Waals surface area contributed by atoms with Gasteiger partial charge >= 0.3 is 0 Å². The number of halogens is 1. The van der Waals surface area contributed by atoms with E-state index in [9.17, 15) is 4.39 Å². The van der Waals surface area contributed by atoms with Crippen LogP contribution in [0.2, 0.25) is 0 Å². The number of hydrogen-bond acceptors (Lipinski definition) is 3. The van der Waals surface area contributed by atoms with Gasteiger partial charge in [-0.15, -0.1) is 0 Å². The van der Waals surface area contributed by atoms with Crippen molar-refractivity contribution in [2.45, 2.75) is 19.9 Å². The van der Waals surface area contributed by atoms with Gasteiger partial charge in [0, 0.05) is 29.7 Å². The Bertz CT molecular complexity index is 1020. The van der Waals surface area contributed by atoms with Crippen LogP contribution in [0.15, 0.2) is 73.4 Å². The van der Waals surface area contributed by atoms with Gasteiger partial charge in [-0.1, -0.05) is 6.92 Å². The molecule has 0 aliphatic carbocycles. The molecule has 2 aromatic carbocycles. The second-order valence-electron chi connectivity index (χ2n) is 6.53. The van der Waals surface area contributed by atoms with E-state index < -0.39 is 0 Å². The molecule has 0 radical (unpaired) electrons. The third-order valence-electron chi connectivity index (χ3n) is 4.39. The SMILES string of the molecule is CCCOc1ccc(-c2nn(-c3ccc(F)cc3)cc2Cn2ccnc2)cc1. The summed E-state index contributed by atoms with van der Waals surface area (Å²) < 4.78 is 22.7. The smallest absolute Gasteiger partial charge is 0.123 e. The average Bonchev–Trinajstić information content (AvgIpc) is 3.38. The Balaban J connectivity index is 1.70. The Hall–Kier alpha value is -3.41. The second kappa shape index (κ2) is 8.08. The monoisotopic (exact) mass is 376 g/mol. The molecule has 0 aliphatic heterocycles. The number of nitrogens with zero attached hydrogens (tertiary/aromatic N) is 4. The maximum atomic E-state index is 13.3. The second-order valence-corrected chi connectivity index (χ2v) is 6.53. The standard InChI is InChI=1S/C22H21FN4O/c1-2-13-28-21-9-3-17(4-10-21)22-18(14-26-12-11-24-16-26)15-27(25-22)20-7-5-19(23)6-8-20/h3-12,15-16H,2,13-14H2,1H3. The highest BCUT2D eigenvalue weighted by atomic mass is 19.1. The van der Waals surface area contributed by atoms with Crippen molar-refractivity contribution < 1.29 is 9.13 Å². The van der Waals surface area contributed by atoms with Crippen LogP contribution in [-0.2, 0) is 6.54 Å². The molecule has 4 rings (SSSR count). The highest BCUT2D eigenvalue weighted by Crippen LogP contribution is 2.26. The van der Waals surface area contributed by atoms with Crippen LogP contribution in [0.5, 0.6) is 5.75 Å². The Labute approximate surface area is 163 Å². The fourth-order valence-electron chi connectivity index (χ4n) is 3.00. The van der Waals surface area contributed by atoms with E-state index in [0.29, 0.717) is 13.2 Å². The first-order valence-corrected chi connectivity index (χ1v) is 9.26. The van der Waals surface area contributed by atoms with Gasteiger partial charge in [-0.05, 0) is 55.0 Å². The van der Waals surface area contributed by atoms with Crippen molar-refractivity contribution in [2.75, 3.05) is 6.61 Å². The average molecular weight is 376 g/mol. The van der Waals surface area contributed by atoms with Crippen LogP contribution in [0.25, 0.3) is 16.9 Å². The van der Waals surface area contributed by atoms with Crippen LogP contribution in [0.4, 0.5) is 4.39 Å². The van der Waals surface area contributed by atoms with Crippen LogP contribution >= 0.6 is 0 Å². The molecule has 2 heterocycles. The first-order chi connectivity index (χ1) is 13.7. The fourth-order valence-corrected chi connectivity index (χ4v) is 3.00. The summed E-state index contributed by atoms with van der Waals surface area (Å²) in [5.74, 6) is 0.581. The summed E-state index contributed by atoms with van der Waals surface area (Å²) in [6.07, 6.45) is 8.40.